The van der Waals surface area contributed by atoms with Gasteiger partial charge in [0, 0.05) is 13.1 Å². The van der Waals surface area contributed by atoms with Crippen LogP contribution in [0.3, 0.4) is 0 Å². The van der Waals surface area contributed by atoms with Gasteiger partial charge >= 0.3 is 0 Å². The molecule has 0 aromatic heterocycles. The SMILES string of the molecule is CC(C)Oc1ccc2c(c1)CN(C)CC2. The molecule has 0 N–H and O–H groups in total. The van der Waals surface area contributed by atoms with Gasteiger partial charge in [0.05, 0.1) is 6.10 Å². The number of benzene rings is 1. The van der Waals surface area contributed by atoms with Crippen molar-refractivity contribution in [3.05, 3.63) is 29.3 Å². The Bertz CT molecular complexity index is 346. The van der Waals surface area contributed by atoms with Gasteiger partial charge in [0.25, 0.3) is 0 Å². The molecular weight excluding hydrogens is 186 g/mol. The lowest BCUT2D eigenvalue weighted by Gasteiger charge is -2.25. The first-order valence-electron chi connectivity index (χ1n) is 5.62. The zero-order valence-electron chi connectivity index (χ0n) is 9.79. The van der Waals surface area contributed by atoms with Crippen molar-refractivity contribution in [2.75, 3.05) is 13.6 Å². The first-order valence-corrected chi connectivity index (χ1v) is 5.62. The van der Waals surface area contributed by atoms with Crippen LogP contribution in [-0.2, 0) is 13.0 Å². The highest BCUT2D eigenvalue weighted by molar-refractivity contribution is 5.37. The Kier molecular flexibility index (Phi) is 2.96. The van der Waals surface area contributed by atoms with E-state index in [4.69, 9.17) is 4.74 Å². The van der Waals surface area contributed by atoms with Gasteiger partial charge in [0.2, 0.25) is 0 Å². The summed E-state index contributed by atoms with van der Waals surface area (Å²) in [6.45, 7) is 6.33. The van der Waals surface area contributed by atoms with E-state index in [0.717, 1.165) is 25.3 Å². The van der Waals surface area contributed by atoms with Crippen molar-refractivity contribution in [1.29, 1.82) is 0 Å². The van der Waals surface area contributed by atoms with Gasteiger partial charge in [-0.3, -0.25) is 0 Å². The lowest BCUT2D eigenvalue weighted by Crippen LogP contribution is -2.26. The van der Waals surface area contributed by atoms with Gasteiger partial charge in [-0.1, -0.05) is 6.07 Å². The van der Waals surface area contributed by atoms with Gasteiger partial charge in [-0.15, -0.1) is 0 Å². The summed E-state index contributed by atoms with van der Waals surface area (Å²) in [5.41, 5.74) is 2.89. The first kappa shape index (κ1) is 10.5. The number of likely N-dealkylation sites (N-methyl/N-ethyl adjacent to an activating group) is 1. The van der Waals surface area contributed by atoms with Crippen LogP contribution in [0.5, 0.6) is 5.75 Å². The maximum absolute atomic E-state index is 5.70. The minimum absolute atomic E-state index is 0.254. The molecule has 1 aromatic carbocycles. The summed E-state index contributed by atoms with van der Waals surface area (Å²) in [5.74, 6) is 0.999. The summed E-state index contributed by atoms with van der Waals surface area (Å²) in [5, 5.41) is 0. The number of ether oxygens (including phenoxy) is 1. The molecule has 0 radical (unpaired) electrons. The molecule has 0 bridgehead atoms. The van der Waals surface area contributed by atoms with Crippen LogP contribution in [0, 0.1) is 0 Å². The summed E-state index contributed by atoms with van der Waals surface area (Å²) in [6.07, 6.45) is 1.41. The van der Waals surface area contributed by atoms with Crippen LogP contribution in [0.4, 0.5) is 0 Å². The van der Waals surface area contributed by atoms with Crippen LogP contribution < -0.4 is 4.74 Å². The summed E-state index contributed by atoms with van der Waals surface area (Å²) in [7, 11) is 2.17. The Morgan fingerprint density at radius 1 is 1.27 bits per heavy atom. The van der Waals surface area contributed by atoms with Crippen molar-refractivity contribution < 1.29 is 4.74 Å². The largest absolute Gasteiger partial charge is 0.491 e. The van der Waals surface area contributed by atoms with Crippen LogP contribution in [0.2, 0.25) is 0 Å². The second-order valence-electron chi connectivity index (χ2n) is 4.58. The normalized spacial score (nSPS) is 16.5. The van der Waals surface area contributed by atoms with E-state index in [0.29, 0.717) is 0 Å². The van der Waals surface area contributed by atoms with Crippen molar-refractivity contribution in [3.63, 3.8) is 0 Å². The van der Waals surface area contributed by atoms with Crippen molar-refractivity contribution in [2.24, 2.45) is 0 Å². The highest BCUT2D eigenvalue weighted by atomic mass is 16.5. The second-order valence-corrected chi connectivity index (χ2v) is 4.58. The fourth-order valence-corrected chi connectivity index (χ4v) is 2.02. The number of hydrogen-bond acceptors (Lipinski definition) is 2. The second kappa shape index (κ2) is 4.23. The van der Waals surface area contributed by atoms with Crippen LogP contribution in [0.15, 0.2) is 18.2 Å². The zero-order chi connectivity index (χ0) is 10.8. The molecule has 0 fully saturated rings. The Balaban J connectivity index is 2.20. The van der Waals surface area contributed by atoms with Crippen LogP contribution in [0.25, 0.3) is 0 Å². The number of nitrogens with zero attached hydrogens (tertiary/aromatic N) is 1. The number of fused-ring (bicyclic) bond motifs is 1. The molecule has 0 saturated heterocycles. The highest BCUT2D eigenvalue weighted by Gasteiger charge is 2.13. The molecule has 1 aliphatic heterocycles. The molecule has 0 unspecified atom stereocenters. The van der Waals surface area contributed by atoms with Crippen molar-refractivity contribution in [3.8, 4) is 5.75 Å². The van der Waals surface area contributed by atoms with E-state index in [2.05, 4.69) is 44.0 Å². The molecule has 2 heteroatoms. The standard InChI is InChI=1S/C13H19NO/c1-10(2)15-13-5-4-11-6-7-14(3)9-12(11)8-13/h4-5,8,10H,6-7,9H2,1-3H3. The lowest BCUT2D eigenvalue weighted by atomic mass is 10.00. The molecule has 0 aliphatic carbocycles. The minimum Gasteiger partial charge on any atom is -0.491 e. The smallest absolute Gasteiger partial charge is 0.120 e. The fraction of sp³-hybridized carbons (Fsp3) is 0.538. The van der Waals surface area contributed by atoms with Gasteiger partial charge in [-0.2, -0.15) is 0 Å². The van der Waals surface area contributed by atoms with Crippen molar-refractivity contribution in [1.82, 2.24) is 4.90 Å². The molecule has 1 heterocycles. The van der Waals surface area contributed by atoms with E-state index in [-0.39, 0.29) is 6.10 Å². The Morgan fingerprint density at radius 3 is 2.80 bits per heavy atom. The lowest BCUT2D eigenvalue weighted by molar-refractivity contribution is 0.241. The first-order chi connectivity index (χ1) is 7.15. The maximum atomic E-state index is 5.70. The fourth-order valence-electron chi connectivity index (χ4n) is 2.02. The average Bonchev–Trinajstić information content (AvgIpc) is 2.16. The van der Waals surface area contributed by atoms with E-state index in [1.807, 2.05) is 0 Å². The zero-order valence-corrected chi connectivity index (χ0v) is 9.79. The summed E-state index contributed by atoms with van der Waals surface area (Å²) in [6, 6.07) is 6.48. The van der Waals surface area contributed by atoms with E-state index in [1.165, 1.54) is 11.1 Å². The molecule has 0 atom stereocenters. The predicted molar refractivity (Wildman–Crippen MR) is 62.2 cm³/mol. The molecule has 1 aliphatic rings. The van der Waals surface area contributed by atoms with E-state index >= 15 is 0 Å². The van der Waals surface area contributed by atoms with Gasteiger partial charge in [0.1, 0.15) is 5.75 Å². The quantitative estimate of drug-likeness (QED) is 0.735. The topological polar surface area (TPSA) is 12.5 Å². The Labute approximate surface area is 91.9 Å². The number of rotatable bonds is 2. The van der Waals surface area contributed by atoms with Gasteiger partial charge in [0.15, 0.2) is 0 Å². The summed E-state index contributed by atoms with van der Waals surface area (Å²) >= 11 is 0. The molecule has 82 valence electrons. The minimum atomic E-state index is 0.254. The third-order valence-corrected chi connectivity index (χ3v) is 2.75. The maximum Gasteiger partial charge on any atom is 0.120 e. The van der Waals surface area contributed by atoms with E-state index in [1.54, 1.807) is 0 Å². The van der Waals surface area contributed by atoms with Gasteiger partial charge in [-0.05, 0) is 50.6 Å². The van der Waals surface area contributed by atoms with E-state index < -0.39 is 0 Å². The molecule has 2 nitrogen and oxygen atoms in total. The molecule has 0 amide bonds. The van der Waals surface area contributed by atoms with Crippen LogP contribution in [-0.4, -0.2) is 24.6 Å². The molecule has 0 spiro atoms. The third kappa shape index (κ3) is 2.51. The molecule has 0 saturated carbocycles. The third-order valence-electron chi connectivity index (χ3n) is 2.75. The van der Waals surface area contributed by atoms with Crippen LogP contribution in [0.1, 0.15) is 25.0 Å². The molecular formula is C13H19NO. The molecule has 1 aromatic rings. The van der Waals surface area contributed by atoms with Gasteiger partial charge < -0.3 is 9.64 Å². The van der Waals surface area contributed by atoms with Crippen molar-refractivity contribution in [2.45, 2.75) is 32.9 Å². The van der Waals surface area contributed by atoms with Crippen molar-refractivity contribution >= 4 is 0 Å². The predicted octanol–water partition coefficient (Wildman–Crippen LogP) is 2.46. The molecule has 2 rings (SSSR count). The summed E-state index contributed by atoms with van der Waals surface area (Å²) < 4.78 is 5.70. The Morgan fingerprint density at radius 2 is 2.07 bits per heavy atom. The highest BCUT2D eigenvalue weighted by Crippen LogP contribution is 2.23. The summed E-state index contributed by atoms with van der Waals surface area (Å²) in [4.78, 5) is 2.35. The monoisotopic (exact) mass is 205 g/mol. The van der Waals surface area contributed by atoms with E-state index in [9.17, 15) is 0 Å². The van der Waals surface area contributed by atoms with Crippen LogP contribution >= 0.6 is 0 Å². The molecule has 15 heavy (non-hydrogen) atoms. The number of hydrogen-bond donors (Lipinski definition) is 0. The Hall–Kier alpha value is -1.02. The average molecular weight is 205 g/mol. The van der Waals surface area contributed by atoms with Gasteiger partial charge in [-0.25, -0.2) is 0 Å².